The maximum Gasteiger partial charge on any atom is 0.358 e. The Hall–Kier alpha value is -1.95. The minimum atomic E-state index is -1.16. The number of carboxylic acids is 1. The number of hydrogen-bond donors (Lipinski definition) is 1. The molecule has 0 aliphatic rings. The van der Waals surface area contributed by atoms with E-state index >= 15 is 0 Å². The zero-order valence-corrected chi connectivity index (χ0v) is 11.2. The molecule has 0 atom stereocenters. The second-order valence-electron chi connectivity index (χ2n) is 3.69. The molecule has 1 heterocycles. The van der Waals surface area contributed by atoms with Crippen LogP contribution in [-0.4, -0.2) is 16.1 Å². The second kappa shape index (κ2) is 5.79. The van der Waals surface area contributed by atoms with E-state index < -0.39 is 5.97 Å². The number of aromatic carboxylic acids is 1. The lowest BCUT2D eigenvalue weighted by molar-refractivity contribution is 0.0685. The van der Waals surface area contributed by atoms with E-state index in [0.29, 0.717) is 10.0 Å². The Labute approximate surface area is 117 Å². The summed E-state index contributed by atoms with van der Waals surface area (Å²) < 4.78 is 18.8. The molecule has 98 valence electrons. The quantitative estimate of drug-likeness (QED) is 0.937. The summed E-state index contributed by atoms with van der Waals surface area (Å²) in [4.78, 5) is 14.7. The van der Waals surface area contributed by atoms with Gasteiger partial charge in [0.2, 0.25) is 0 Å². The van der Waals surface area contributed by atoms with Gasteiger partial charge in [0.15, 0.2) is 11.4 Å². The van der Waals surface area contributed by atoms with E-state index in [2.05, 4.69) is 20.9 Å². The largest absolute Gasteiger partial charge is 0.486 e. The molecule has 1 N–H and O–H groups in total. The smallest absolute Gasteiger partial charge is 0.358 e. The third kappa shape index (κ3) is 3.29. The predicted molar refractivity (Wildman–Crippen MR) is 69.6 cm³/mol. The molecule has 6 heteroatoms. The van der Waals surface area contributed by atoms with Crippen LogP contribution in [0.4, 0.5) is 4.39 Å². The van der Waals surface area contributed by atoms with E-state index in [1.807, 2.05) is 0 Å². The molecule has 0 aliphatic carbocycles. The number of nitrogens with zero attached hydrogens (tertiary/aromatic N) is 1. The van der Waals surface area contributed by atoms with Gasteiger partial charge in [0.05, 0.1) is 4.47 Å². The topological polar surface area (TPSA) is 59.4 Å². The number of hydrogen-bond acceptors (Lipinski definition) is 3. The van der Waals surface area contributed by atoms with E-state index in [1.165, 1.54) is 18.3 Å². The molecular formula is C13H9BrFNO3. The second-order valence-corrected chi connectivity index (χ2v) is 4.55. The lowest BCUT2D eigenvalue weighted by atomic mass is 10.2. The highest BCUT2D eigenvalue weighted by molar-refractivity contribution is 9.10. The Morgan fingerprint density at radius 2 is 2.21 bits per heavy atom. The third-order valence-electron chi connectivity index (χ3n) is 2.35. The van der Waals surface area contributed by atoms with Crippen molar-refractivity contribution in [3.63, 3.8) is 0 Å². The molecule has 0 amide bonds. The number of halogens is 2. The molecule has 0 saturated carbocycles. The highest BCUT2D eigenvalue weighted by atomic mass is 79.9. The van der Waals surface area contributed by atoms with Crippen LogP contribution >= 0.6 is 15.9 Å². The molecule has 4 nitrogen and oxygen atoms in total. The Balaban J connectivity index is 2.14. The molecule has 1 aromatic carbocycles. The number of carbonyl (C=O) groups is 1. The van der Waals surface area contributed by atoms with Crippen LogP contribution in [0.3, 0.4) is 0 Å². The van der Waals surface area contributed by atoms with Crippen LogP contribution in [-0.2, 0) is 6.61 Å². The molecular weight excluding hydrogens is 317 g/mol. The zero-order chi connectivity index (χ0) is 13.8. The number of aromatic nitrogens is 1. The molecule has 0 aliphatic heterocycles. The fourth-order valence-corrected chi connectivity index (χ4v) is 1.88. The van der Waals surface area contributed by atoms with Crippen LogP contribution in [0.5, 0.6) is 5.75 Å². The lowest BCUT2D eigenvalue weighted by Gasteiger charge is -2.08. The first-order valence-corrected chi connectivity index (χ1v) is 6.12. The van der Waals surface area contributed by atoms with Gasteiger partial charge in [-0.1, -0.05) is 6.07 Å². The van der Waals surface area contributed by atoms with E-state index in [9.17, 15) is 9.18 Å². The summed E-state index contributed by atoms with van der Waals surface area (Å²) in [6.07, 6.45) is 1.38. The third-order valence-corrected chi connectivity index (χ3v) is 2.96. The summed E-state index contributed by atoms with van der Waals surface area (Å²) >= 11 is 3.07. The summed E-state index contributed by atoms with van der Waals surface area (Å²) in [7, 11) is 0. The molecule has 0 unspecified atom stereocenters. The minimum Gasteiger partial charge on any atom is -0.486 e. The first kappa shape index (κ1) is 13.5. The van der Waals surface area contributed by atoms with Crippen LogP contribution in [0.25, 0.3) is 0 Å². The van der Waals surface area contributed by atoms with Crippen LogP contribution in [0.2, 0.25) is 0 Å². The Bertz CT molecular complexity index is 619. The number of carboxylic acid groups (broad SMARTS) is 1. The van der Waals surface area contributed by atoms with Crippen molar-refractivity contribution in [1.82, 2.24) is 4.98 Å². The van der Waals surface area contributed by atoms with Crippen molar-refractivity contribution in [2.45, 2.75) is 6.61 Å². The van der Waals surface area contributed by atoms with Gasteiger partial charge in [-0.3, -0.25) is 0 Å². The molecule has 0 saturated heterocycles. The molecule has 0 spiro atoms. The standard InChI is InChI=1S/C13H9BrFNO3/c14-9-6-8(3-4-10(9)15)7-19-11-2-1-5-16-12(11)13(17)18/h1-6H,7H2,(H,17,18). The van der Waals surface area contributed by atoms with Crippen molar-refractivity contribution in [3.05, 3.63) is 58.1 Å². The number of benzene rings is 1. The van der Waals surface area contributed by atoms with E-state index in [0.717, 1.165) is 0 Å². The van der Waals surface area contributed by atoms with Crippen molar-refractivity contribution >= 4 is 21.9 Å². The van der Waals surface area contributed by atoms with Gasteiger partial charge in [0.25, 0.3) is 0 Å². The molecule has 2 aromatic rings. The first-order chi connectivity index (χ1) is 9.08. The van der Waals surface area contributed by atoms with Gasteiger partial charge in [0.1, 0.15) is 12.4 Å². The summed E-state index contributed by atoms with van der Waals surface area (Å²) in [5.74, 6) is -1.34. The van der Waals surface area contributed by atoms with Crippen LogP contribution < -0.4 is 4.74 Å². The average Bonchev–Trinajstić information content (AvgIpc) is 2.40. The van der Waals surface area contributed by atoms with Gasteiger partial charge in [-0.2, -0.15) is 0 Å². The van der Waals surface area contributed by atoms with E-state index in [1.54, 1.807) is 18.2 Å². The predicted octanol–water partition coefficient (Wildman–Crippen LogP) is 3.26. The van der Waals surface area contributed by atoms with Gasteiger partial charge in [-0.25, -0.2) is 14.2 Å². The maximum absolute atomic E-state index is 13.1. The van der Waals surface area contributed by atoms with Crippen molar-refractivity contribution in [2.75, 3.05) is 0 Å². The van der Waals surface area contributed by atoms with Gasteiger partial charge < -0.3 is 9.84 Å². The maximum atomic E-state index is 13.1. The molecule has 19 heavy (non-hydrogen) atoms. The van der Waals surface area contributed by atoms with Crippen molar-refractivity contribution < 1.29 is 19.0 Å². The van der Waals surface area contributed by atoms with E-state index in [-0.39, 0.29) is 23.9 Å². The van der Waals surface area contributed by atoms with E-state index in [4.69, 9.17) is 9.84 Å². The zero-order valence-electron chi connectivity index (χ0n) is 9.64. The molecule has 2 rings (SSSR count). The van der Waals surface area contributed by atoms with Crippen LogP contribution in [0, 0.1) is 5.82 Å². The van der Waals surface area contributed by atoms with Crippen LogP contribution in [0.1, 0.15) is 16.1 Å². The van der Waals surface area contributed by atoms with Gasteiger partial charge >= 0.3 is 5.97 Å². The summed E-state index contributed by atoms with van der Waals surface area (Å²) in [6, 6.07) is 7.56. The van der Waals surface area contributed by atoms with Gasteiger partial charge in [-0.05, 0) is 45.8 Å². The SMILES string of the molecule is O=C(O)c1ncccc1OCc1ccc(F)c(Br)c1. The van der Waals surface area contributed by atoms with Gasteiger partial charge in [0, 0.05) is 6.20 Å². The van der Waals surface area contributed by atoms with Crippen molar-refractivity contribution in [2.24, 2.45) is 0 Å². The highest BCUT2D eigenvalue weighted by Crippen LogP contribution is 2.20. The van der Waals surface area contributed by atoms with Crippen LogP contribution in [0.15, 0.2) is 41.0 Å². The number of rotatable bonds is 4. The number of pyridine rings is 1. The lowest BCUT2D eigenvalue weighted by Crippen LogP contribution is -2.05. The normalized spacial score (nSPS) is 10.2. The highest BCUT2D eigenvalue weighted by Gasteiger charge is 2.12. The monoisotopic (exact) mass is 325 g/mol. The molecule has 1 aromatic heterocycles. The van der Waals surface area contributed by atoms with Crippen molar-refractivity contribution in [1.29, 1.82) is 0 Å². The van der Waals surface area contributed by atoms with Gasteiger partial charge in [-0.15, -0.1) is 0 Å². The average molecular weight is 326 g/mol. The summed E-state index contributed by atoms with van der Waals surface area (Å²) in [5, 5.41) is 8.94. The fourth-order valence-electron chi connectivity index (χ4n) is 1.46. The fraction of sp³-hybridized carbons (Fsp3) is 0.0769. The molecule has 0 bridgehead atoms. The summed E-state index contributed by atoms with van der Waals surface area (Å²) in [6.45, 7) is 0.130. The number of ether oxygens (including phenoxy) is 1. The Kier molecular flexibility index (Phi) is 4.11. The minimum absolute atomic E-state index is 0.130. The summed E-state index contributed by atoms with van der Waals surface area (Å²) in [5.41, 5.74) is 0.567. The Morgan fingerprint density at radius 1 is 1.42 bits per heavy atom. The first-order valence-electron chi connectivity index (χ1n) is 5.33. The molecule has 0 radical (unpaired) electrons. The van der Waals surface area contributed by atoms with Crippen molar-refractivity contribution in [3.8, 4) is 5.75 Å². The molecule has 0 fully saturated rings. The Morgan fingerprint density at radius 3 is 2.89 bits per heavy atom.